The molecule has 0 aliphatic carbocycles. The number of aryl methyl sites for hydroxylation is 2. The van der Waals surface area contributed by atoms with Crippen LogP contribution in [-0.2, 0) is 4.79 Å². The molecule has 1 N–H and O–H groups in total. The van der Waals surface area contributed by atoms with Crippen molar-refractivity contribution in [1.29, 1.82) is 0 Å². The number of hydrogen-bond donors (Lipinski definition) is 1. The SMILES string of the molecule is COc1ccc([C@@H]2C=C(Nc3ccc(C)c(Cl)c3)C(=O)N2c2ccc(C)c(Cl)c2)cc1. The van der Waals surface area contributed by atoms with Crippen molar-refractivity contribution in [2.45, 2.75) is 19.9 Å². The zero-order valence-electron chi connectivity index (χ0n) is 17.4. The monoisotopic (exact) mass is 452 g/mol. The number of nitrogens with one attached hydrogen (secondary N) is 1. The molecule has 0 bridgehead atoms. The maximum absolute atomic E-state index is 13.5. The molecule has 158 valence electrons. The first kappa shape index (κ1) is 21.3. The Morgan fingerprint density at radius 2 is 1.55 bits per heavy atom. The number of methoxy groups -OCH3 is 1. The molecule has 4 nitrogen and oxygen atoms in total. The second-order valence-electron chi connectivity index (χ2n) is 7.50. The van der Waals surface area contributed by atoms with Crippen molar-refractivity contribution in [2.24, 2.45) is 0 Å². The average Bonchev–Trinajstić information content (AvgIpc) is 3.09. The molecule has 1 atom stereocenters. The van der Waals surface area contributed by atoms with Crippen LogP contribution in [-0.4, -0.2) is 13.0 Å². The third-order valence-corrected chi connectivity index (χ3v) is 6.21. The van der Waals surface area contributed by atoms with Crippen LogP contribution in [0.15, 0.2) is 72.4 Å². The predicted octanol–water partition coefficient (Wildman–Crippen LogP) is 6.70. The Morgan fingerprint density at radius 3 is 2.16 bits per heavy atom. The number of benzene rings is 3. The fourth-order valence-electron chi connectivity index (χ4n) is 3.54. The number of ether oxygens (including phenoxy) is 1. The Morgan fingerprint density at radius 1 is 0.903 bits per heavy atom. The number of halogens is 2. The number of carbonyl (C=O) groups is 1. The lowest BCUT2D eigenvalue weighted by Gasteiger charge is -2.26. The van der Waals surface area contributed by atoms with E-state index in [1.807, 2.05) is 80.6 Å². The van der Waals surface area contributed by atoms with E-state index in [1.165, 1.54) is 0 Å². The summed E-state index contributed by atoms with van der Waals surface area (Å²) in [4.78, 5) is 15.2. The molecule has 0 aromatic heterocycles. The van der Waals surface area contributed by atoms with Gasteiger partial charge >= 0.3 is 0 Å². The molecule has 1 heterocycles. The molecule has 0 radical (unpaired) electrons. The number of hydrogen-bond acceptors (Lipinski definition) is 3. The highest BCUT2D eigenvalue weighted by Gasteiger charge is 2.35. The van der Waals surface area contributed by atoms with Crippen LogP contribution < -0.4 is 15.0 Å². The Hall–Kier alpha value is -2.95. The lowest BCUT2D eigenvalue weighted by molar-refractivity contribution is -0.114. The van der Waals surface area contributed by atoms with E-state index in [2.05, 4.69) is 5.32 Å². The minimum atomic E-state index is -0.291. The molecule has 0 fully saturated rings. The van der Waals surface area contributed by atoms with Crippen LogP contribution in [0, 0.1) is 13.8 Å². The molecule has 1 amide bonds. The molecule has 3 aromatic rings. The van der Waals surface area contributed by atoms with E-state index in [-0.39, 0.29) is 11.9 Å². The van der Waals surface area contributed by atoms with E-state index in [0.717, 1.165) is 33.8 Å². The highest BCUT2D eigenvalue weighted by Crippen LogP contribution is 2.38. The van der Waals surface area contributed by atoms with Crippen molar-refractivity contribution in [2.75, 3.05) is 17.3 Å². The van der Waals surface area contributed by atoms with Gasteiger partial charge in [0, 0.05) is 21.4 Å². The van der Waals surface area contributed by atoms with Gasteiger partial charge in [0.25, 0.3) is 5.91 Å². The van der Waals surface area contributed by atoms with Crippen molar-refractivity contribution in [3.63, 3.8) is 0 Å². The molecule has 31 heavy (non-hydrogen) atoms. The van der Waals surface area contributed by atoms with E-state index < -0.39 is 0 Å². The van der Waals surface area contributed by atoms with Gasteiger partial charge in [-0.05, 0) is 73.0 Å². The van der Waals surface area contributed by atoms with Gasteiger partial charge in [0.2, 0.25) is 0 Å². The summed E-state index contributed by atoms with van der Waals surface area (Å²) >= 11 is 12.6. The topological polar surface area (TPSA) is 41.6 Å². The first-order valence-electron chi connectivity index (χ1n) is 9.86. The molecule has 1 aliphatic rings. The second-order valence-corrected chi connectivity index (χ2v) is 8.31. The number of anilines is 2. The number of nitrogens with zero attached hydrogens (tertiary/aromatic N) is 1. The fraction of sp³-hybridized carbons (Fsp3) is 0.160. The normalized spacial score (nSPS) is 15.8. The van der Waals surface area contributed by atoms with Gasteiger partial charge in [-0.15, -0.1) is 0 Å². The van der Waals surface area contributed by atoms with E-state index in [1.54, 1.807) is 12.0 Å². The Labute approximate surface area is 192 Å². The Bertz CT molecular complexity index is 1170. The highest BCUT2D eigenvalue weighted by molar-refractivity contribution is 6.32. The van der Waals surface area contributed by atoms with E-state index in [4.69, 9.17) is 27.9 Å². The van der Waals surface area contributed by atoms with Crippen LogP contribution in [0.2, 0.25) is 10.0 Å². The zero-order valence-corrected chi connectivity index (χ0v) is 19.0. The van der Waals surface area contributed by atoms with Gasteiger partial charge < -0.3 is 10.1 Å². The number of amides is 1. The van der Waals surface area contributed by atoms with Crippen molar-refractivity contribution in [3.05, 3.63) is 99.2 Å². The first-order valence-corrected chi connectivity index (χ1v) is 10.6. The van der Waals surface area contributed by atoms with Crippen LogP contribution in [0.1, 0.15) is 22.7 Å². The van der Waals surface area contributed by atoms with Gasteiger partial charge in [-0.2, -0.15) is 0 Å². The summed E-state index contributed by atoms with van der Waals surface area (Å²) in [7, 11) is 1.63. The van der Waals surface area contributed by atoms with Gasteiger partial charge in [-0.25, -0.2) is 0 Å². The summed E-state index contributed by atoms with van der Waals surface area (Å²) in [5.41, 5.74) is 4.87. The minimum absolute atomic E-state index is 0.141. The van der Waals surface area contributed by atoms with Gasteiger partial charge in [0.1, 0.15) is 11.4 Å². The predicted molar refractivity (Wildman–Crippen MR) is 127 cm³/mol. The molecule has 0 saturated heterocycles. The first-order chi connectivity index (χ1) is 14.9. The van der Waals surface area contributed by atoms with Crippen LogP contribution in [0.5, 0.6) is 5.75 Å². The molecule has 0 saturated carbocycles. The maximum atomic E-state index is 13.5. The van der Waals surface area contributed by atoms with Crippen LogP contribution in [0.25, 0.3) is 0 Å². The number of carbonyl (C=O) groups excluding carboxylic acids is 1. The molecule has 1 aliphatic heterocycles. The Balaban J connectivity index is 1.74. The summed E-state index contributed by atoms with van der Waals surface area (Å²) in [5.74, 6) is 0.618. The van der Waals surface area contributed by atoms with Crippen LogP contribution >= 0.6 is 23.2 Å². The quantitative estimate of drug-likeness (QED) is 0.467. The minimum Gasteiger partial charge on any atom is -0.497 e. The van der Waals surface area contributed by atoms with Crippen molar-refractivity contribution in [3.8, 4) is 5.75 Å². The maximum Gasteiger partial charge on any atom is 0.275 e. The van der Waals surface area contributed by atoms with Gasteiger partial charge in [0.05, 0.1) is 13.2 Å². The van der Waals surface area contributed by atoms with Crippen LogP contribution in [0.4, 0.5) is 11.4 Å². The van der Waals surface area contributed by atoms with Crippen molar-refractivity contribution in [1.82, 2.24) is 0 Å². The summed E-state index contributed by atoms with van der Waals surface area (Å²) in [6.07, 6.45) is 1.92. The van der Waals surface area contributed by atoms with E-state index in [0.29, 0.717) is 15.7 Å². The molecule has 3 aromatic carbocycles. The lowest BCUT2D eigenvalue weighted by atomic mass is 10.1. The van der Waals surface area contributed by atoms with Crippen molar-refractivity contribution >= 4 is 40.5 Å². The van der Waals surface area contributed by atoms with Gasteiger partial charge in [0.15, 0.2) is 0 Å². The standard InChI is InChI=1S/C25H22Cl2N2O2/c1-15-4-8-18(12-21(15)26)28-23-14-24(17-6-10-20(31-3)11-7-17)29(25(23)30)19-9-5-16(2)22(27)13-19/h4-14,24,28H,1-3H3/t24-/m0/s1. The molecule has 4 rings (SSSR count). The Kier molecular flexibility index (Phi) is 5.94. The van der Waals surface area contributed by atoms with Crippen molar-refractivity contribution < 1.29 is 9.53 Å². The third-order valence-electron chi connectivity index (χ3n) is 5.39. The molecular formula is C25H22Cl2N2O2. The molecule has 0 unspecified atom stereocenters. The smallest absolute Gasteiger partial charge is 0.275 e. The summed E-state index contributed by atoms with van der Waals surface area (Å²) in [6.45, 7) is 3.87. The van der Waals surface area contributed by atoms with E-state index >= 15 is 0 Å². The zero-order chi connectivity index (χ0) is 22.1. The molecule has 0 spiro atoms. The third kappa shape index (κ3) is 4.27. The molecular weight excluding hydrogens is 431 g/mol. The second kappa shape index (κ2) is 8.66. The van der Waals surface area contributed by atoms with Gasteiger partial charge in [-0.1, -0.05) is 47.5 Å². The van der Waals surface area contributed by atoms with Gasteiger partial charge in [-0.3, -0.25) is 9.69 Å². The summed E-state index contributed by atoms with van der Waals surface area (Å²) in [5, 5.41) is 4.49. The lowest BCUT2D eigenvalue weighted by Crippen LogP contribution is -2.30. The fourth-order valence-corrected chi connectivity index (χ4v) is 3.89. The van der Waals surface area contributed by atoms with Crippen LogP contribution in [0.3, 0.4) is 0 Å². The molecule has 6 heteroatoms. The number of rotatable bonds is 5. The van der Waals surface area contributed by atoms with E-state index in [9.17, 15) is 4.79 Å². The highest BCUT2D eigenvalue weighted by atomic mass is 35.5. The largest absolute Gasteiger partial charge is 0.497 e. The average molecular weight is 453 g/mol. The summed E-state index contributed by atoms with van der Waals surface area (Å²) < 4.78 is 5.28. The summed E-state index contributed by atoms with van der Waals surface area (Å²) in [6, 6.07) is 18.7.